The van der Waals surface area contributed by atoms with E-state index in [1.807, 2.05) is 18.2 Å². The van der Waals surface area contributed by atoms with E-state index in [-0.39, 0.29) is 12.6 Å². The highest BCUT2D eigenvalue weighted by Gasteiger charge is 2.33. The molecule has 1 heterocycles. The van der Waals surface area contributed by atoms with Crippen LogP contribution in [0, 0.1) is 11.3 Å². The molecule has 5 nitrogen and oxygen atoms in total. The Morgan fingerprint density at radius 3 is 2.34 bits per heavy atom. The molecule has 1 fully saturated rings. The van der Waals surface area contributed by atoms with Crippen LogP contribution >= 0.6 is 0 Å². The summed E-state index contributed by atoms with van der Waals surface area (Å²) in [5.74, 6) is 0. The summed E-state index contributed by atoms with van der Waals surface area (Å²) in [6.45, 7) is 3.56. The summed E-state index contributed by atoms with van der Waals surface area (Å²) in [7, 11) is 0. The second kappa shape index (κ2) is 8.97. The van der Waals surface area contributed by atoms with Crippen molar-refractivity contribution in [1.29, 1.82) is 5.26 Å². The number of halogens is 3. The van der Waals surface area contributed by atoms with Gasteiger partial charge in [0.15, 0.2) is 0 Å². The molecule has 0 spiro atoms. The fourth-order valence-electron chi connectivity index (χ4n) is 3.28. The maximum absolute atomic E-state index is 12.9. The molecule has 2 aromatic carbocycles. The molecule has 1 aliphatic heterocycles. The van der Waals surface area contributed by atoms with Crippen molar-refractivity contribution in [2.45, 2.75) is 19.3 Å². The second-order valence-corrected chi connectivity index (χ2v) is 6.90. The zero-order valence-corrected chi connectivity index (χ0v) is 15.7. The molecular weight excluding hydrogens is 381 g/mol. The Kier molecular flexibility index (Phi) is 6.39. The molecule has 1 aliphatic rings. The first-order valence-corrected chi connectivity index (χ1v) is 9.26. The van der Waals surface area contributed by atoms with Crippen molar-refractivity contribution in [2.24, 2.45) is 0 Å². The lowest BCUT2D eigenvalue weighted by molar-refractivity contribution is -0.137. The SMILES string of the molecule is N#Cc1cc(CNC(=O)N2CCN(Cc3ccccc3)CC2)ccc1C(F)(F)F. The van der Waals surface area contributed by atoms with Crippen LogP contribution in [-0.2, 0) is 19.3 Å². The Morgan fingerprint density at radius 2 is 1.72 bits per heavy atom. The summed E-state index contributed by atoms with van der Waals surface area (Å²) >= 11 is 0. The normalized spacial score (nSPS) is 15.0. The average molecular weight is 402 g/mol. The maximum atomic E-state index is 12.9. The van der Waals surface area contributed by atoms with Gasteiger partial charge in [0.2, 0.25) is 0 Å². The lowest BCUT2D eigenvalue weighted by Crippen LogP contribution is -2.51. The molecule has 2 amide bonds. The van der Waals surface area contributed by atoms with Gasteiger partial charge in [-0.15, -0.1) is 0 Å². The van der Waals surface area contributed by atoms with Gasteiger partial charge < -0.3 is 10.2 Å². The van der Waals surface area contributed by atoms with E-state index >= 15 is 0 Å². The fraction of sp³-hybridized carbons (Fsp3) is 0.333. The van der Waals surface area contributed by atoms with Gasteiger partial charge in [0.1, 0.15) is 0 Å². The molecule has 0 bridgehead atoms. The van der Waals surface area contributed by atoms with Gasteiger partial charge >= 0.3 is 12.2 Å². The number of rotatable bonds is 4. The molecule has 0 radical (unpaired) electrons. The first-order chi connectivity index (χ1) is 13.9. The lowest BCUT2D eigenvalue weighted by Gasteiger charge is -2.34. The molecule has 152 valence electrons. The quantitative estimate of drug-likeness (QED) is 0.850. The van der Waals surface area contributed by atoms with Crippen LogP contribution in [0.2, 0.25) is 0 Å². The predicted octanol–water partition coefficient (Wildman–Crippen LogP) is 3.60. The van der Waals surface area contributed by atoms with Gasteiger partial charge in [-0.2, -0.15) is 18.4 Å². The van der Waals surface area contributed by atoms with E-state index in [1.54, 1.807) is 11.0 Å². The van der Waals surface area contributed by atoms with Crippen LogP contribution in [0.1, 0.15) is 22.3 Å². The van der Waals surface area contributed by atoms with Gasteiger partial charge in [-0.25, -0.2) is 4.79 Å². The van der Waals surface area contributed by atoms with Crippen molar-refractivity contribution >= 4 is 6.03 Å². The smallest absolute Gasteiger partial charge is 0.334 e. The summed E-state index contributed by atoms with van der Waals surface area (Å²) in [6, 6.07) is 14.7. The highest BCUT2D eigenvalue weighted by Crippen LogP contribution is 2.32. The summed E-state index contributed by atoms with van der Waals surface area (Å²) in [5.41, 5.74) is 0.259. The molecule has 0 atom stereocenters. The largest absolute Gasteiger partial charge is 0.417 e. The molecule has 0 aromatic heterocycles. The molecule has 29 heavy (non-hydrogen) atoms. The van der Waals surface area contributed by atoms with Crippen molar-refractivity contribution in [3.8, 4) is 6.07 Å². The van der Waals surface area contributed by atoms with Crippen LogP contribution in [0.5, 0.6) is 0 Å². The van der Waals surface area contributed by atoms with Gasteiger partial charge in [0.05, 0.1) is 17.2 Å². The number of carbonyl (C=O) groups is 1. The number of benzene rings is 2. The molecule has 0 unspecified atom stereocenters. The number of carbonyl (C=O) groups excluding carboxylic acids is 1. The molecule has 1 saturated heterocycles. The first kappa shape index (κ1) is 20.7. The number of urea groups is 1. The van der Waals surface area contributed by atoms with Crippen molar-refractivity contribution in [3.05, 3.63) is 70.8 Å². The van der Waals surface area contributed by atoms with E-state index in [1.165, 1.54) is 17.7 Å². The lowest BCUT2D eigenvalue weighted by atomic mass is 10.0. The Bertz CT molecular complexity index is 885. The molecule has 8 heteroatoms. The highest BCUT2D eigenvalue weighted by molar-refractivity contribution is 5.74. The van der Waals surface area contributed by atoms with Crippen LogP contribution < -0.4 is 5.32 Å². The fourth-order valence-corrected chi connectivity index (χ4v) is 3.28. The zero-order chi connectivity index (χ0) is 20.9. The van der Waals surface area contributed by atoms with E-state index in [0.29, 0.717) is 18.7 Å². The van der Waals surface area contributed by atoms with E-state index in [2.05, 4.69) is 22.3 Å². The Labute approximate surface area is 167 Å². The number of hydrogen-bond acceptors (Lipinski definition) is 3. The summed E-state index contributed by atoms with van der Waals surface area (Å²) in [5, 5.41) is 11.7. The number of hydrogen-bond donors (Lipinski definition) is 1. The number of nitrogens with zero attached hydrogens (tertiary/aromatic N) is 3. The third kappa shape index (κ3) is 5.48. The van der Waals surface area contributed by atoms with Crippen molar-refractivity contribution in [2.75, 3.05) is 26.2 Å². The number of nitrogens with one attached hydrogen (secondary N) is 1. The average Bonchev–Trinajstić information content (AvgIpc) is 2.72. The number of piperazine rings is 1. The molecule has 0 saturated carbocycles. The predicted molar refractivity (Wildman–Crippen MR) is 102 cm³/mol. The van der Waals surface area contributed by atoms with Crippen LogP contribution in [0.4, 0.5) is 18.0 Å². The van der Waals surface area contributed by atoms with Gasteiger partial charge in [0.25, 0.3) is 0 Å². The topological polar surface area (TPSA) is 59.4 Å². The monoisotopic (exact) mass is 402 g/mol. The number of alkyl halides is 3. The molecule has 1 N–H and O–H groups in total. The summed E-state index contributed by atoms with van der Waals surface area (Å²) < 4.78 is 38.6. The van der Waals surface area contributed by atoms with Gasteiger partial charge in [-0.05, 0) is 23.3 Å². The van der Waals surface area contributed by atoms with Gasteiger partial charge in [-0.3, -0.25) is 4.90 Å². The minimum Gasteiger partial charge on any atom is -0.334 e. The Hall–Kier alpha value is -3.05. The van der Waals surface area contributed by atoms with Crippen molar-refractivity contribution < 1.29 is 18.0 Å². The Balaban J connectivity index is 1.50. The van der Waals surface area contributed by atoms with Crippen LogP contribution in [0.3, 0.4) is 0 Å². The minimum atomic E-state index is -4.58. The minimum absolute atomic E-state index is 0.0654. The molecule has 2 aromatic rings. The maximum Gasteiger partial charge on any atom is 0.417 e. The van der Waals surface area contributed by atoms with Crippen molar-refractivity contribution in [3.63, 3.8) is 0 Å². The third-order valence-corrected chi connectivity index (χ3v) is 4.86. The second-order valence-electron chi connectivity index (χ2n) is 6.90. The van der Waals surface area contributed by atoms with E-state index in [4.69, 9.17) is 5.26 Å². The van der Waals surface area contributed by atoms with Crippen LogP contribution in [0.15, 0.2) is 48.5 Å². The van der Waals surface area contributed by atoms with Gasteiger partial charge in [-0.1, -0.05) is 36.4 Å². The highest BCUT2D eigenvalue weighted by atomic mass is 19.4. The third-order valence-electron chi connectivity index (χ3n) is 4.86. The first-order valence-electron chi connectivity index (χ1n) is 9.26. The van der Waals surface area contributed by atoms with Crippen molar-refractivity contribution in [1.82, 2.24) is 15.1 Å². The number of nitriles is 1. The summed E-state index contributed by atoms with van der Waals surface area (Å²) in [4.78, 5) is 16.3. The molecule has 3 rings (SSSR count). The zero-order valence-electron chi connectivity index (χ0n) is 15.7. The Morgan fingerprint density at radius 1 is 1.03 bits per heavy atom. The summed E-state index contributed by atoms with van der Waals surface area (Å²) in [6.07, 6.45) is -4.58. The van der Waals surface area contributed by atoms with Crippen LogP contribution in [0.25, 0.3) is 0 Å². The molecular formula is C21H21F3N4O. The van der Waals surface area contributed by atoms with Crippen LogP contribution in [-0.4, -0.2) is 42.0 Å². The molecule has 0 aliphatic carbocycles. The van der Waals surface area contributed by atoms with E-state index < -0.39 is 17.3 Å². The van der Waals surface area contributed by atoms with Gasteiger partial charge in [0, 0.05) is 39.3 Å². The van der Waals surface area contributed by atoms with E-state index in [9.17, 15) is 18.0 Å². The standard InChI is InChI=1S/C21H21F3N4O/c22-21(23,24)19-7-6-17(12-18(19)13-25)14-26-20(29)28-10-8-27(9-11-28)15-16-4-2-1-3-5-16/h1-7,12H,8-11,14-15H2,(H,26,29). The van der Waals surface area contributed by atoms with E-state index in [0.717, 1.165) is 25.7 Å². The number of amides is 2.